The van der Waals surface area contributed by atoms with E-state index in [9.17, 15) is 0 Å². The quantitative estimate of drug-likeness (QED) is 0.844. The molecule has 2 unspecified atom stereocenters. The molecule has 78 valence electrons. The van der Waals surface area contributed by atoms with Crippen LogP contribution >= 0.6 is 11.8 Å². The summed E-state index contributed by atoms with van der Waals surface area (Å²) >= 11 is 1.86. The molecule has 0 saturated carbocycles. The van der Waals surface area contributed by atoms with Crippen molar-refractivity contribution < 1.29 is 0 Å². The monoisotopic (exact) mass is 218 g/mol. The smallest absolute Gasteiger partial charge is 0.105 e. The first-order valence-corrected chi connectivity index (χ1v) is 6.24. The topological polar surface area (TPSA) is 35.8 Å². The van der Waals surface area contributed by atoms with Gasteiger partial charge in [-0.25, -0.2) is 0 Å². The fourth-order valence-corrected chi connectivity index (χ4v) is 2.86. The molecule has 2 atom stereocenters. The molecule has 1 fully saturated rings. The van der Waals surface area contributed by atoms with Gasteiger partial charge in [0.25, 0.3) is 0 Å². The van der Waals surface area contributed by atoms with Crippen molar-refractivity contribution in [2.45, 2.75) is 24.3 Å². The number of rotatable bonds is 3. The van der Waals surface area contributed by atoms with Gasteiger partial charge in [0.1, 0.15) is 6.04 Å². The molecule has 3 heteroatoms. The van der Waals surface area contributed by atoms with E-state index in [0.29, 0.717) is 5.37 Å². The summed E-state index contributed by atoms with van der Waals surface area (Å²) in [6.07, 6.45) is 2.19. The first kappa shape index (κ1) is 10.5. The highest BCUT2D eigenvalue weighted by molar-refractivity contribution is 8.00. The van der Waals surface area contributed by atoms with Crippen LogP contribution in [0.5, 0.6) is 0 Å². The Morgan fingerprint density at radius 2 is 2.20 bits per heavy atom. The maximum Gasteiger partial charge on any atom is 0.105 e. The summed E-state index contributed by atoms with van der Waals surface area (Å²) in [5.74, 6) is 0.927. The lowest BCUT2D eigenvalue weighted by atomic mass is 10.1. The Morgan fingerprint density at radius 3 is 2.87 bits per heavy atom. The lowest BCUT2D eigenvalue weighted by Crippen LogP contribution is -2.28. The molecule has 1 saturated heterocycles. The van der Waals surface area contributed by atoms with E-state index in [0.717, 1.165) is 18.6 Å². The van der Waals surface area contributed by atoms with Crippen molar-refractivity contribution in [1.29, 1.82) is 5.26 Å². The number of aryl methyl sites for hydroxylation is 1. The number of benzene rings is 1. The van der Waals surface area contributed by atoms with E-state index in [1.807, 2.05) is 17.8 Å². The van der Waals surface area contributed by atoms with Gasteiger partial charge in [-0.1, -0.05) is 30.3 Å². The SMILES string of the molecule is N#CC1CSC(CCc2ccccc2)N1. The van der Waals surface area contributed by atoms with Crippen LogP contribution in [0.3, 0.4) is 0 Å². The maximum absolute atomic E-state index is 8.74. The van der Waals surface area contributed by atoms with Gasteiger partial charge in [-0.15, -0.1) is 11.8 Å². The molecule has 0 bridgehead atoms. The molecule has 2 rings (SSSR count). The molecule has 0 spiro atoms. The van der Waals surface area contributed by atoms with Crippen molar-refractivity contribution in [3.63, 3.8) is 0 Å². The molecule has 0 aromatic heterocycles. The van der Waals surface area contributed by atoms with Crippen LogP contribution in [0.4, 0.5) is 0 Å². The molecule has 1 heterocycles. The predicted octanol–water partition coefficient (Wildman–Crippen LogP) is 2.17. The summed E-state index contributed by atoms with van der Waals surface area (Å²) in [5.41, 5.74) is 1.38. The number of thioether (sulfide) groups is 1. The van der Waals surface area contributed by atoms with E-state index >= 15 is 0 Å². The summed E-state index contributed by atoms with van der Waals surface area (Å²) < 4.78 is 0. The standard InChI is InChI=1S/C12H14N2S/c13-8-11-9-15-12(14-11)7-6-10-4-2-1-3-5-10/h1-5,11-12,14H,6-7,9H2. The maximum atomic E-state index is 8.74. The van der Waals surface area contributed by atoms with Crippen LogP contribution in [0.1, 0.15) is 12.0 Å². The van der Waals surface area contributed by atoms with Gasteiger partial charge in [-0.2, -0.15) is 5.26 Å². The molecule has 15 heavy (non-hydrogen) atoms. The summed E-state index contributed by atoms with van der Waals surface area (Å²) in [4.78, 5) is 0. The molecular formula is C12H14N2S. The predicted molar refractivity (Wildman–Crippen MR) is 63.5 cm³/mol. The zero-order chi connectivity index (χ0) is 10.5. The minimum atomic E-state index is 0.0516. The second-order valence-corrected chi connectivity index (χ2v) is 4.93. The fourth-order valence-electron chi connectivity index (χ4n) is 1.72. The zero-order valence-electron chi connectivity index (χ0n) is 8.52. The molecule has 0 aliphatic carbocycles. The first-order chi connectivity index (χ1) is 7.38. The number of nitrogens with one attached hydrogen (secondary N) is 1. The molecule has 1 aliphatic rings. The molecule has 1 N–H and O–H groups in total. The van der Waals surface area contributed by atoms with E-state index in [4.69, 9.17) is 5.26 Å². The van der Waals surface area contributed by atoms with Crippen molar-refractivity contribution in [3.05, 3.63) is 35.9 Å². The van der Waals surface area contributed by atoms with Crippen molar-refractivity contribution in [1.82, 2.24) is 5.32 Å². The van der Waals surface area contributed by atoms with Gasteiger partial charge in [0.2, 0.25) is 0 Å². The van der Waals surface area contributed by atoms with Crippen LogP contribution in [-0.4, -0.2) is 17.2 Å². The summed E-state index contributed by atoms with van der Waals surface area (Å²) in [6.45, 7) is 0. The largest absolute Gasteiger partial charge is 0.289 e. The molecule has 1 aromatic carbocycles. The Kier molecular flexibility index (Phi) is 3.65. The van der Waals surface area contributed by atoms with Gasteiger partial charge in [0, 0.05) is 5.75 Å². The molecule has 1 aliphatic heterocycles. The average molecular weight is 218 g/mol. The van der Waals surface area contributed by atoms with Crippen LogP contribution in [0.2, 0.25) is 0 Å². The van der Waals surface area contributed by atoms with E-state index in [1.54, 1.807) is 0 Å². The fraction of sp³-hybridized carbons (Fsp3) is 0.417. The third kappa shape index (κ3) is 2.98. The summed E-state index contributed by atoms with van der Waals surface area (Å²) in [7, 11) is 0. The number of hydrogen-bond acceptors (Lipinski definition) is 3. The Labute approximate surface area is 94.7 Å². The van der Waals surface area contributed by atoms with E-state index in [2.05, 4.69) is 35.7 Å². The molecule has 1 aromatic rings. The van der Waals surface area contributed by atoms with E-state index in [-0.39, 0.29) is 6.04 Å². The van der Waals surface area contributed by atoms with Crippen molar-refractivity contribution in [3.8, 4) is 6.07 Å². The Morgan fingerprint density at radius 1 is 1.40 bits per heavy atom. The van der Waals surface area contributed by atoms with Gasteiger partial charge < -0.3 is 0 Å². The van der Waals surface area contributed by atoms with Gasteiger partial charge >= 0.3 is 0 Å². The summed E-state index contributed by atoms with van der Waals surface area (Å²) in [5, 5.41) is 12.5. The minimum absolute atomic E-state index is 0.0516. The third-order valence-corrected chi connectivity index (χ3v) is 3.84. The van der Waals surface area contributed by atoms with Gasteiger partial charge in [0.05, 0.1) is 11.4 Å². The van der Waals surface area contributed by atoms with Gasteiger partial charge in [0.15, 0.2) is 0 Å². The minimum Gasteiger partial charge on any atom is -0.289 e. The van der Waals surface area contributed by atoms with Gasteiger partial charge in [-0.05, 0) is 18.4 Å². The molecular weight excluding hydrogens is 204 g/mol. The Hall–Kier alpha value is -0.980. The number of nitriles is 1. The summed E-state index contributed by atoms with van der Waals surface area (Å²) in [6, 6.07) is 12.8. The molecule has 0 amide bonds. The van der Waals surface area contributed by atoms with Crippen LogP contribution in [0, 0.1) is 11.3 Å². The lowest BCUT2D eigenvalue weighted by molar-refractivity contribution is 0.610. The third-order valence-electron chi connectivity index (χ3n) is 2.55. The van der Waals surface area contributed by atoms with Crippen molar-refractivity contribution >= 4 is 11.8 Å². The lowest BCUT2D eigenvalue weighted by Gasteiger charge is -2.09. The Balaban J connectivity index is 1.78. The molecule has 0 radical (unpaired) electrons. The highest BCUT2D eigenvalue weighted by Crippen LogP contribution is 2.22. The second kappa shape index (κ2) is 5.20. The Bertz CT molecular complexity index is 344. The zero-order valence-corrected chi connectivity index (χ0v) is 9.33. The number of hydrogen-bond donors (Lipinski definition) is 1. The molecule has 2 nitrogen and oxygen atoms in total. The first-order valence-electron chi connectivity index (χ1n) is 5.19. The second-order valence-electron chi connectivity index (χ2n) is 3.69. The average Bonchev–Trinajstić information content (AvgIpc) is 2.76. The van der Waals surface area contributed by atoms with E-state index in [1.165, 1.54) is 5.56 Å². The number of nitrogens with zero attached hydrogens (tertiary/aromatic N) is 1. The van der Waals surface area contributed by atoms with Gasteiger partial charge in [-0.3, -0.25) is 5.32 Å². The van der Waals surface area contributed by atoms with Crippen LogP contribution in [0.15, 0.2) is 30.3 Å². The van der Waals surface area contributed by atoms with Crippen LogP contribution in [-0.2, 0) is 6.42 Å². The highest BCUT2D eigenvalue weighted by Gasteiger charge is 2.23. The highest BCUT2D eigenvalue weighted by atomic mass is 32.2. The van der Waals surface area contributed by atoms with E-state index < -0.39 is 0 Å². The van der Waals surface area contributed by atoms with Crippen molar-refractivity contribution in [2.75, 3.05) is 5.75 Å². The van der Waals surface area contributed by atoms with Crippen LogP contribution < -0.4 is 5.32 Å². The van der Waals surface area contributed by atoms with Crippen LogP contribution in [0.25, 0.3) is 0 Å². The van der Waals surface area contributed by atoms with Crippen molar-refractivity contribution in [2.24, 2.45) is 0 Å². The normalized spacial score (nSPS) is 25.0.